The molecule has 0 aliphatic carbocycles. The number of imidazole rings is 1. The second kappa shape index (κ2) is 7.59. The number of aryl methyl sites for hydroxylation is 1. The predicted octanol–water partition coefficient (Wildman–Crippen LogP) is 3.27. The van der Waals surface area contributed by atoms with Gasteiger partial charge in [0.05, 0.1) is 12.3 Å². The Morgan fingerprint density at radius 3 is 2.78 bits per heavy atom. The maximum atomic E-state index is 12.7. The molecule has 0 saturated carbocycles. The molecule has 0 amide bonds. The lowest BCUT2D eigenvalue weighted by Crippen LogP contribution is -2.16. The first kappa shape index (κ1) is 17.5. The summed E-state index contributed by atoms with van der Waals surface area (Å²) in [5, 5.41) is 9.52. The van der Waals surface area contributed by atoms with Crippen LogP contribution in [0.5, 0.6) is 5.75 Å². The number of Topliss-reactive ketones (excluding diaryl/α,β-unsaturated/α-hetero) is 1. The number of carbonyl (C=O) groups excluding carboxylic acids is 1. The van der Waals surface area contributed by atoms with Gasteiger partial charge < -0.3 is 9.84 Å². The van der Waals surface area contributed by atoms with Crippen LogP contribution in [0.1, 0.15) is 49.8 Å². The van der Waals surface area contributed by atoms with E-state index in [1.807, 2.05) is 32.2 Å². The van der Waals surface area contributed by atoms with E-state index in [2.05, 4.69) is 18.8 Å². The van der Waals surface area contributed by atoms with Crippen molar-refractivity contribution in [3.8, 4) is 5.75 Å². The number of hydrogen-bond donors (Lipinski definition) is 1. The summed E-state index contributed by atoms with van der Waals surface area (Å²) < 4.78 is 7.39. The molecule has 0 unspecified atom stereocenters. The Hall–Kier alpha value is -1.88. The van der Waals surface area contributed by atoms with Gasteiger partial charge in [0.2, 0.25) is 0 Å². The van der Waals surface area contributed by atoms with Crippen LogP contribution in [-0.2, 0) is 0 Å². The molecule has 23 heavy (non-hydrogen) atoms. The molecule has 2 heterocycles. The van der Waals surface area contributed by atoms with Gasteiger partial charge in [-0.1, -0.05) is 13.8 Å². The molecule has 5 heteroatoms. The minimum atomic E-state index is -0.0116. The van der Waals surface area contributed by atoms with Gasteiger partial charge in [0.25, 0.3) is 0 Å². The van der Waals surface area contributed by atoms with Crippen LogP contribution in [0.25, 0.3) is 5.65 Å². The van der Waals surface area contributed by atoms with Crippen molar-refractivity contribution in [3.63, 3.8) is 0 Å². The van der Waals surface area contributed by atoms with Crippen LogP contribution < -0.4 is 4.74 Å². The van der Waals surface area contributed by atoms with Crippen molar-refractivity contribution in [2.75, 3.05) is 13.2 Å². The highest BCUT2D eigenvalue weighted by molar-refractivity contribution is 5.96. The average Bonchev–Trinajstić information content (AvgIpc) is 2.83. The molecule has 2 aromatic rings. The largest absolute Gasteiger partial charge is 0.490 e. The summed E-state index contributed by atoms with van der Waals surface area (Å²) in [6.07, 6.45) is 3.01. The number of pyridine rings is 1. The van der Waals surface area contributed by atoms with Crippen LogP contribution in [0.2, 0.25) is 0 Å². The van der Waals surface area contributed by atoms with E-state index in [1.54, 1.807) is 4.40 Å². The smallest absolute Gasteiger partial charge is 0.181 e. The van der Waals surface area contributed by atoms with Gasteiger partial charge in [0.15, 0.2) is 17.2 Å². The molecule has 5 nitrogen and oxygen atoms in total. The maximum absolute atomic E-state index is 12.7. The quantitative estimate of drug-likeness (QED) is 0.759. The molecular weight excluding hydrogens is 292 g/mol. The molecule has 0 bridgehead atoms. The van der Waals surface area contributed by atoms with E-state index in [0.29, 0.717) is 41.7 Å². The topological polar surface area (TPSA) is 63.8 Å². The van der Waals surface area contributed by atoms with Gasteiger partial charge in [-0.25, -0.2) is 4.98 Å². The first-order valence-electron chi connectivity index (χ1n) is 8.22. The van der Waals surface area contributed by atoms with E-state index in [-0.39, 0.29) is 18.3 Å². The molecule has 0 aliphatic rings. The average molecular weight is 318 g/mol. The molecule has 2 rings (SSSR count). The van der Waals surface area contributed by atoms with Crippen LogP contribution in [0, 0.1) is 18.8 Å². The SMILES string of the molecule is CCOc1cccn2c(C(=O)C[C@@H](CO)CC(C)C)c(C)nc12. The fourth-order valence-corrected chi connectivity index (χ4v) is 3.01. The number of carbonyl (C=O) groups is 1. The Morgan fingerprint density at radius 2 is 2.17 bits per heavy atom. The van der Waals surface area contributed by atoms with Crippen molar-refractivity contribution in [1.29, 1.82) is 0 Å². The Bertz CT molecular complexity index is 676. The van der Waals surface area contributed by atoms with Gasteiger partial charge in [0, 0.05) is 19.2 Å². The highest BCUT2D eigenvalue weighted by atomic mass is 16.5. The lowest BCUT2D eigenvalue weighted by Gasteiger charge is -2.15. The second-order valence-corrected chi connectivity index (χ2v) is 6.35. The zero-order valence-electron chi connectivity index (χ0n) is 14.4. The lowest BCUT2D eigenvalue weighted by atomic mass is 9.92. The summed E-state index contributed by atoms with van der Waals surface area (Å²) >= 11 is 0. The number of aliphatic hydroxyl groups excluding tert-OH is 1. The van der Waals surface area contributed by atoms with Crippen LogP contribution in [-0.4, -0.2) is 33.5 Å². The highest BCUT2D eigenvalue weighted by Gasteiger charge is 2.22. The molecule has 0 spiro atoms. The molecule has 1 N–H and O–H groups in total. The van der Waals surface area contributed by atoms with E-state index >= 15 is 0 Å². The lowest BCUT2D eigenvalue weighted by molar-refractivity contribution is 0.0918. The van der Waals surface area contributed by atoms with Crippen LogP contribution in [0.4, 0.5) is 0 Å². The molecule has 0 radical (unpaired) electrons. The Labute approximate surface area is 137 Å². The molecular formula is C18H26N2O3. The number of nitrogens with zero attached hydrogens (tertiary/aromatic N) is 2. The van der Waals surface area contributed by atoms with Gasteiger partial charge in [-0.3, -0.25) is 9.20 Å². The summed E-state index contributed by atoms with van der Waals surface area (Å²) in [7, 11) is 0. The van der Waals surface area contributed by atoms with Crippen LogP contribution in [0.3, 0.4) is 0 Å². The highest BCUT2D eigenvalue weighted by Crippen LogP contribution is 2.24. The standard InChI is InChI=1S/C18H26N2O3/c1-5-23-16-7-6-8-20-17(13(4)19-18(16)20)15(22)10-14(11-21)9-12(2)3/h6-8,12,14,21H,5,9-11H2,1-4H3/t14-/m0/s1. The number of ether oxygens (including phenoxy) is 1. The first-order valence-corrected chi connectivity index (χ1v) is 8.22. The molecule has 1 atom stereocenters. The monoisotopic (exact) mass is 318 g/mol. The molecule has 126 valence electrons. The third-order valence-electron chi connectivity index (χ3n) is 3.89. The first-order chi connectivity index (χ1) is 11.0. The number of ketones is 1. The molecule has 0 fully saturated rings. The van der Waals surface area contributed by atoms with Crippen molar-refractivity contribution in [1.82, 2.24) is 9.38 Å². The van der Waals surface area contributed by atoms with Crippen molar-refractivity contribution in [2.45, 2.75) is 40.5 Å². The third-order valence-corrected chi connectivity index (χ3v) is 3.89. The van der Waals surface area contributed by atoms with Gasteiger partial charge in [-0.2, -0.15) is 0 Å². The van der Waals surface area contributed by atoms with Crippen molar-refractivity contribution < 1.29 is 14.6 Å². The van der Waals surface area contributed by atoms with Crippen LogP contribution in [0.15, 0.2) is 18.3 Å². The van der Waals surface area contributed by atoms with Gasteiger partial charge in [-0.05, 0) is 44.2 Å². The zero-order chi connectivity index (χ0) is 17.0. The maximum Gasteiger partial charge on any atom is 0.181 e. The summed E-state index contributed by atoms with van der Waals surface area (Å²) in [5.74, 6) is 1.14. The summed E-state index contributed by atoms with van der Waals surface area (Å²) in [6, 6.07) is 3.71. The molecule has 2 aromatic heterocycles. The molecule has 0 saturated heterocycles. The predicted molar refractivity (Wildman–Crippen MR) is 90.1 cm³/mol. The van der Waals surface area contributed by atoms with E-state index in [1.165, 1.54) is 0 Å². The van der Waals surface area contributed by atoms with Crippen LogP contribution >= 0.6 is 0 Å². The number of aromatic nitrogens is 2. The fourth-order valence-electron chi connectivity index (χ4n) is 3.01. The Morgan fingerprint density at radius 1 is 1.43 bits per heavy atom. The fraction of sp³-hybridized carbons (Fsp3) is 0.556. The Kier molecular flexibility index (Phi) is 5.77. The zero-order valence-corrected chi connectivity index (χ0v) is 14.4. The summed E-state index contributed by atoms with van der Waals surface area (Å²) in [6.45, 7) is 8.54. The van der Waals surface area contributed by atoms with E-state index in [4.69, 9.17) is 4.74 Å². The van der Waals surface area contributed by atoms with E-state index in [0.717, 1.165) is 6.42 Å². The van der Waals surface area contributed by atoms with E-state index < -0.39 is 0 Å². The van der Waals surface area contributed by atoms with Crippen molar-refractivity contribution >= 4 is 11.4 Å². The number of hydrogen-bond acceptors (Lipinski definition) is 4. The minimum absolute atomic E-state index is 0.0116. The number of aliphatic hydroxyl groups is 1. The van der Waals surface area contributed by atoms with Gasteiger partial charge in [-0.15, -0.1) is 0 Å². The second-order valence-electron chi connectivity index (χ2n) is 6.35. The Balaban J connectivity index is 2.33. The summed E-state index contributed by atoms with van der Waals surface area (Å²) in [5.41, 5.74) is 1.95. The third kappa shape index (κ3) is 3.91. The molecule has 0 aromatic carbocycles. The number of rotatable bonds is 8. The van der Waals surface area contributed by atoms with E-state index in [9.17, 15) is 9.90 Å². The van der Waals surface area contributed by atoms with Crippen molar-refractivity contribution in [2.24, 2.45) is 11.8 Å². The van der Waals surface area contributed by atoms with Crippen molar-refractivity contribution in [3.05, 3.63) is 29.7 Å². The molecule has 0 aliphatic heterocycles. The minimum Gasteiger partial charge on any atom is -0.490 e. The van der Waals surface area contributed by atoms with Gasteiger partial charge in [0.1, 0.15) is 5.69 Å². The number of fused-ring (bicyclic) bond motifs is 1. The summed E-state index contributed by atoms with van der Waals surface area (Å²) in [4.78, 5) is 17.2. The van der Waals surface area contributed by atoms with Gasteiger partial charge >= 0.3 is 0 Å². The normalized spacial score (nSPS) is 12.8.